The van der Waals surface area contributed by atoms with Crippen LogP contribution in [0, 0.1) is 5.82 Å². The predicted octanol–water partition coefficient (Wildman–Crippen LogP) is 2.82. The molecule has 0 fully saturated rings. The average Bonchev–Trinajstić information content (AvgIpc) is 3.19. The van der Waals surface area contributed by atoms with Gasteiger partial charge < -0.3 is 14.8 Å². The normalized spacial score (nSPS) is 15.6. The number of ether oxygens (including phenoxy) is 2. The number of nitrogens with one attached hydrogen (secondary N) is 1. The van der Waals surface area contributed by atoms with E-state index in [1.54, 1.807) is 12.1 Å². The Hall–Kier alpha value is -2.25. The van der Waals surface area contributed by atoms with Gasteiger partial charge in [-0.1, -0.05) is 0 Å². The number of hydrogen-bond donors (Lipinski definition) is 1. The highest BCUT2D eigenvalue weighted by atomic mass is 32.1. The molecular weight excluding hydrogens is 345 g/mol. The highest BCUT2D eigenvalue weighted by Gasteiger charge is 2.28. The first kappa shape index (κ1) is 17.6. The van der Waals surface area contributed by atoms with Gasteiger partial charge in [0.25, 0.3) is 0 Å². The van der Waals surface area contributed by atoms with Crippen LogP contribution in [0.25, 0.3) is 10.4 Å². The van der Waals surface area contributed by atoms with Gasteiger partial charge in [0.2, 0.25) is 5.91 Å². The summed E-state index contributed by atoms with van der Waals surface area (Å²) in [7, 11) is 1.45. The van der Waals surface area contributed by atoms with Crippen LogP contribution in [0.2, 0.25) is 0 Å². The van der Waals surface area contributed by atoms with Crippen LogP contribution in [0.15, 0.2) is 24.3 Å². The molecule has 2 heterocycles. The second kappa shape index (κ2) is 7.33. The molecule has 0 unspecified atom stereocenters. The topological polar surface area (TPSA) is 64.6 Å². The van der Waals surface area contributed by atoms with Crippen molar-refractivity contribution in [1.82, 2.24) is 5.32 Å². The van der Waals surface area contributed by atoms with Crippen molar-refractivity contribution in [2.75, 3.05) is 20.3 Å². The average molecular weight is 363 g/mol. The van der Waals surface area contributed by atoms with E-state index in [0.717, 1.165) is 10.4 Å². The number of methoxy groups -OCH3 is 1. The van der Waals surface area contributed by atoms with E-state index in [1.165, 1.54) is 37.5 Å². The lowest BCUT2D eigenvalue weighted by molar-refractivity contribution is -0.125. The van der Waals surface area contributed by atoms with Gasteiger partial charge in [-0.3, -0.25) is 9.59 Å². The molecule has 1 aliphatic heterocycles. The Morgan fingerprint density at radius 3 is 2.88 bits per heavy atom. The summed E-state index contributed by atoms with van der Waals surface area (Å²) in [6.45, 7) is 1.81. The highest BCUT2D eigenvalue weighted by Crippen LogP contribution is 2.42. The molecule has 0 aliphatic carbocycles. The number of rotatable bonds is 6. The lowest BCUT2D eigenvalue weighted by atomic mass is 10.0. The van der Waals surface area contributed by atoms with E-state index in [9.17, 15) is 14.0 Å². The Morgan fingerprint density at radius 1 is 1.40 bits per heavy atom. The Balaban J connectivity index is 1.81. The van der Waals surface area contributed by atoms with Crippen LogP contribution in [0.3, 0.4) is 0 Å². The van der Waals surface area contributed by atoms with Gasteiger partial charge >= 0.3 is 0 Å². The fourth-order valence-electron chi connectivity index (χ4n) is 2.77. The van der Waals surface area contributed by atoms with Gasteiger partial charge in [0.15, 0.2) is 5.78 Å². The zero-order valence-corrected chi connectivity index (χ0v) is 14.7. The molecule has 1 aromatic carbocycles. The third-order valence-electron chi connectivity index (χ3n) is 3.88. The summed E-state index contributed by atoms with van der Waals surface area (Å²) in [4.78, 5) is 24.4. The molecule has 1 N–H and O–H groups in total. The number of carbonyl (C=O) groups excluding carboxylic acids is 2. The molecule has 1 amide bonds. The zero-order chi connectivity index (χ0) is 18.0. The Bertz CT molecular complexity index is 817. The van der Waals surface area contributed by atoms with E-state index >= 15 is 0 Å². The van der Waals surface area contributed by atoms with Gasteiger partial charge in [0, 0.05) is 29.5 Å². The Morgan fingerprint density at radius 2 is 2.20 bits per heavy atom. The lowest BCUT2D eigenvalue weighted by Crippen LogP contribution is -2.36. The van der Waals surface area contributed by atoms with Crippen molar-refractivity contribution in [2.24, 2.45) is 0 Å². The van der Waals surface area contributed by atoms with Gasteiger partial charge in [-0.25, -0.2) is 4.39 Å². The van der Waals surface area contributed by atoms with E-state index in [-0.39, 0.29) is 30.2 Å². The van der Waals surface area contributed by atoms with Crippen LogP contribution in [0.1, 0.15) is 22.2 Å². The number of amides is 1. The largest absolute Gasteiger partial charge is 0.487 e. The minimum absolute atomic E-state index is 0.0113. The first-order valence-corrected chi connectivity index (χ1v) is 8.65. The maximum Gasteiger partial charge on any atom is 0.246 e. The van der Waals surface area contributed by atoms with Gasteiger partial charge in [0.05, 0.1) is 11.4 Å². The molecule has 1 aliphatic rings. The first-order valence-electron chi connectivity index (χ1n) is 7.83. The summed E-state index contributed by atoms with van der Waals surface area (Å²) < 4.78 is 24.7. The third kappa shape index (κ3) is 3.88. The zero-order valence-electron chi connectivity index (χ0n) is 13.9. The summed E-state index contributed by atoms with van der Waals surface area (Å²) in [5.74, 6) is 0.0188. The second-order valence-corrected chi connectivity index (χ2v) is 6.93. The first-order chi connectivity index (χ1) is 12.0. The highest BCUT2D eigenvalue weighted by molar-refractivity contribution is 7.17. The number of carbonyl (C=O) groups is 2. The van der Waals surface area contributed by atoms with Crippen LogP contribution in [-0.4, -0.2) is 38.1 Å². The van der Waals surface area contributed by atoms with Crippen molar-refractivity contribution in [1.29, 1.82) is 0 Å². The second-order valence-electron chi connectivity index (χ2n) is 5.84. The van der Waals surface area contributed by atoms with Crippen molar-refractivity contribution in [3.63, 3.8) is 0 Å². The Kier molecular flexibility index (Phi) is 5.15. The van der Waals surface area contributed by atoms with Crippen molar-refractivity contribution < 1.29 is 23.5 Å². The summed E-state index contributed by atoms with van der Waals surface area (Å²) in [6, 6.07) is 6.40. The van der Waals surface area contributed by atoms with Crippen LogP contribution < -0.4 is 10.1 Å². The van der Waals surface area contributed by atoms with Crippen molar-refractivity contribution in [3.05, 3.63) is 40.5 Å². The fourth-order valence-corrected chi connectivity index (χ4v) is 3.69. The molecule has 0 radical (unpaired) electrons. The standard InChI is InChI=1S/C18H18FNO4S/c1-10(21)15-3-4-16(25-15)14-7-12(19)5-11-6-13(24-18(11)14)8-20-17(22)9-23-2/h3-5,7,13H,6,8-9H2,1-2H3,(H,20,22)/t13-/m0/s1. The number of halogens is 1. The van der Waals surface area contributed by atoms with Crippen LogP contribution >= 0.6 is 11.3 Å². The maximum atomic E-state index is 14.0. The van der Waals surface area contributed by atoms with Crippen molar-refractivity contribution in [3.8, 4) is 16.2 Å². The van der Waals surface area contributed by atoms with E-state index in [0.29, 0.717) is 29.2 Å². The van der Waals surface area contributed by atoms with Crippen molar-refractivity contribution in [2.45, 2.75) is 19.4 Å². The van der Waals surface area contributed by atoms with Gasteiger partial charge in [-0.05, 0) is 31.2 Å². The summed E-state index contributed by atoms with van der Waals surface area (Å²) in [5, 5.41) is 2.73. The van der Waals surface area contributed by atoms with E-state index in [2.05, 4.69) is 5.32 Å². The quantitative estimate of drug-likeness (QED) is 0.802. The molecule has 0 spiro atoms. The minimum atomic E-state index is -0.348. The molecule has 5 nitrogen and oxygen atoms in total. The molecule has 132 valence electrons. The number of Topliss-reactive ketones (excluding diaryl/α,β-unsaturated/α-hetero) is 1. The molecule has 25 heavy (non-hydrogen) atoms. The number of benzene rings is 1. The van der Waals surface area contributed by atoms with E-state index in [1.807, 2.05) is 0 Å². The fraction of sp³-hybridized carbons (Fsp3) is 0.333. The number of ketones is 1. The minimum Gasteiger partial charge on any atom is -0.487 e. The molecule has 7 heteroatoms. The van der Waals surface area contributed by atoms with E-state index in [4.69, 9.17) is 9.47 Å². The molecule has 0 saturated carbocycles. The van der Waals surface area contributed by atoms with Crippen molar-refractivity contribution >= 4 is 23.0 Å². The molecule has 1 atom stereocenters. The maximum absolute atomic E-state index is 14.0. The van der Waals surface area contributed by atoms with Crippen LogP contribution in [-0.2, 0) is 16.0 Å². The molecule has 3 rings (SSSR count). The third-order valence-corrected chi connectivity index (χ3v) is 5.10. The summed E-state index contributed by atoms with van der Waals surface area (Å²) >= 11 is 1.31. The smallest absolute Gasteiger partial charge is 0.246 e. The molecule has 0 saturated heterocycles. The van der Waals surface area contributed by atoms with Gasteiger partial charge in [-0.2, -0.15) is 0 Å². The summed E-state index contributed by atoms with van der Waals surface area (Å²) in [5.41, 5.74) is 1.40. The SMILES string of the molecule is COCC(=O)NC[C@@H]1Cc2cc(F)cc(-c3ccc(C(C)=O)s3)c2O1. The van der Waals surface area contributed by atoms with Crippen LogP contribution in [0.5, 0.6) is 5.75 Å². The molecule has 0 bridgehead atoms. The number of hydrogen-bond acceptors (Lipinski definition) is 5. The van der Waals surface area contributed by atoms with E-state index < -0.39 is 0 Å². The Labute approximate surface area is 148 Å². The van der Waals surface area contributed by atoms with Gasteiger partial charge in [0.1, 0.15) is 24.3 Å². The lowest BCUT2D eigenvalue weighted by Gasteiger charge is -2.13. The molecule has 2 aromatic rings. The summed E-state index contributed by atoms with van der Waals surface area (Å²) in [6.07, 6.45) is 0.252. The number of fused-ring (bicyclic) bond motifs is 1. The molecule has 1 aromatic heterocycles. The predicted molar refractivity (Wildman–Crippen MR) is 92.7 cm³/mol. The monoisotopic (exact) mass is 363 g/mol. The molecular formula is C18H18FNO4S. The van der Waals surface area contributed by atoms with Crippen LogP contribution in [0.4, 0.5) is 4.39 Å². The van der Waals surface area contributed by atoms with Gasteiger partial charge in [-0.15, -0.1) is 11.3 Å². The number of thiophene rings is 1.